The Balaban J connectivity index is 2.09. The molecule has 1 rings (SSSR count). The van der Waals surface area contributed by atoms with Crippen LogP contribution in [0.1, 0.15) is 36.5 Å². The van der Waals surface area contributed by atoms with Gasteiger partial charge in [0.2, 0.25) is 5.91 Å². The molecule has 0 aromatic carbocycles. The van der Waals surface area contributed by atoms with Crippen LogP contribution in [-0.2, 0) is 9.59 Å². The summed E-state index contributed by atoms with van der Waals surface area (Å²) in [6.45, 7) is 2.41. The van der Waals surface area contributed by atoms with Gasteiger partial charge in [-0.1, -0.05) is 0 Å². The third-order valence-corrected chi connectivity index (χ3v) is 2.59. The number of ketones is 1. The van der Waals surface area contributed by atoms with Gasteiger partial charge in [-0.2, -0.15) is 0 Å². The van der Waals surface area contributed by atoms with Crippen LogP contribution in [0.5, 0.6) is 0 Å². The zero-order valence-corrected chi connectivity index (χ0v) is 11.5. The van der Waals surface area contributed by atoms with E-state index >= 15 is 0 Å². The normalized spacial score (nSPS) is 9.85. The van der Waals surface area contributed by atoms with Gasteiger partial charge in [0.1, 0.15) is 5.78 Å². The van der Waals surface area contributed by atoms with Gasteiger partial charge in [-0.3, -0.25) is 14.6 Å². The van der Waals surface area contributed by atoms with Gasteiger partial charge >= 0.3 is 0 Å². The van der Waals surface area contributed by atoms with Crippen LogP contribution in [0.15, 0.2) is 24.5 Å². The van der Waals surface area contributed by atoms with E-state index in [1.54, 1.807) is 18.3 Å². The van der Waals surface area contributed by atoms with Gasteiger partial charge in [0, 0.05) is 38.3 Å². The number of Topliss-reactive ketones (excluding diaryl/α,β-unsaturated/α-hetero) is 1. The lowest BCUT2D eigenvalue weighted by atomic mass is 10.2. The van der Waals surface area contributed by atoms with Gasteiger partial charge in [0.15, 0.2) is 0 Å². The van der Waals surface area contributed by atoms with Crippen molar-refractivity contribution in [2.75, 3.05) is 13.1 Å². The Bertz CT molecular complexity index is 460. The molecule has 0 saturated heterocycles. The Morgan fingerprint density at radius 1 is 1.15 bits per heavy atom. The number of pyridine rings is 1. The topological polar surface area (TPSA) is 88.2 Å². The van der Waals surface area contributed by atoms with Gasteiger partial charge in [0.05, 0.1) is 5.56 Å². The Labute approximate surface area is 118 Å². The zero-order valence-electron chi connectivity index (χ0n) is 11.5. The van der Waals surface area contributed by atoms with E-state index in [0.29, 0.717) is 25.1 Å². The predicted molar refractivity (Wildman–Crippen MR) is 74.1 cm³/mol. The predicted octanol–water partition coefficient (Wildman–Crippen LogP) is 0.687. The van der Waals surface area contributed by atoms with Gasteiger partial charge in [-0.15, -0.1) is 0 Å². The molecule has 2 amide bonds. The van der Waals surface area contributed by atoms with Crippen molar-refractivity contribution in [2.45, 2.75) is 26.2 Å². The van der Waals surface area contributed by atoms with Crippen LogP contribution in [0.2, 0.25) is 0 Å². The van der Waals surface area contributed by atoms with E-state index in [-0.39, 0.29) is 30.4 Å². The van der Waals surface area contributed by atoms with Crippen molar-refractivity contribution in [3.05, 3.63) is 30.1 Å². The van der Waals surface area contributed by atoms with Crippen molar-refractivity contribution >= 4 is 17.6 Å². The highest BCUT2D eigenvalue weighted by Crippen LogP contribution is 1.95. The molecule has 0 saturated carbocycles. The average molecular weight is 277 g/mol. The highest BCUT2D eigenvalue weighted by molar-refractivity contribution is 5.93. The Morgan fingerprint density at radius 2 is 1.90 bits per heavy atom. The molecule has 0 aliphatic rings. The molecule has 6 heteroatoms. The van der Waals surface area contributed by atoms with Gasteiger partial charge < -0.3 is 15.4 Å². The first kappa shape index (κ1) is 15.8. The average Bonchev–Trinajstić information content (AvgIpc) is 2.45. The Morgan fingerprint density at radius 3 is 2.55 bits per heavy atom. The maximum absolute atomic E-state index is 11.6. The molecular weight excluding hydrogens is 258 g/mol. The first-order valence-electron chi connectivity index (χ1n) is 6.54. The van der Waals surface area contributed by atoms with Crippen molar-refractivity contribution in [3.8, 4) is 0 Å². The Hall–Kier alpha value is -2.24. The quantitative estimate of drug-likeness (QED) is 0.684. The zero-order chi connectivity index (χ0) is 14.8. The minimum Gasteiger partial charge on any atom is -0.356 e. The van der Waals surface area contributed by atoms with Crippen LogP contribution in [0.4, 0.5) is 0 Å². The molecule has 1 aromatic rings. The van der Waals surface area contributed by atoms with Crippen molar-refractivity contribution in [1.82, 2.24) is 15.6 Å². The van der Waals surface area contributed by atoms with Gasteiger partial charge in [0.25, 0.3) is 5.91 Å². The molecule has 0 aliphatic carbocycles. The van der Waals surface area contributed by atoms with Gasteiger partial charge in [-0.05, 0) is 25.5 Å². The highest BCUT2D eigenvalue weighted by Gasteiger charge is 2.05. The van der Waals surface area contributed by atoms with Crippen LogP contribution in [0, 0.1) is 0 Å². The molecule has 0 radical (unpaired) electrons. The van der Waals surface area contributed by atoms with Crippen LogP contribution in [0.25, 0.3) is 0 Å². The van der Waals surface area contributed by atoms with Crippen molar-refractivity contribution in [1.29, 1.82) is 0 Å². The van der Waals surface area contributed by atoms with Crippen molar-refractivity contribution < 1.29 is 14.4 Å². The summed E-state index contributed by atoms with van der Waals surface area (Å²) in [5.41, 5.74) is 0.512. The Kier molecular flexibility index (Phi) is 6.95. The van der Waals surface area contributed by atoms with E-state index in [9.17, 15) is 14.4 Å². The summed E-state index contributed by atoms with van der Waals surface area (Å²) in [6.07, 6.45) is 4.23. The molecule has 6 nitrogen and oxygen atoms in total. The number of rotatable bonds is 8. The molecule has 0 spiro atoms. The summed E-state index contributed by atoms with van der Waals surface area (Å²) in [6, 6.07) is 3.38. The summed E-state index contributed by atoms with van der Waals surface area (Å²) in [4.78, 5) is 37.5. The molecule has 0 aliphatic heterocycles. The number of nitrogens with zero attached hydrogens (tertiary/aromatic N) is 1. The lowest BCUT2D eigenvalue weighted by molar-refractivity contribution is -0.124. The number of aromatic nitrogens is 1. The molecule has 1 aromatic heterocycles. The summed E-state index contributed by atoms with van der Waals surface area (Å²) in [5.74, 6) is -0.316. The molecule has 0 bridgehead atoms. The summed E-state index contributed by atoms with van der Waals surface area (Å²) in [7, 11) is 0. The van der Waals surface area contributed by atoms with E-state index in [4.69, 9.17) is 0 Å². The number of carbonyl (C=O) groups excluding carboxylic acids is 3. The molecule has 20 heavy (non-hydrogen) atoms. The molecule has 108 valence electrons. The minimum atomic E-state index is -0.180. The monoisotopic (exact) mass is 277 g/mol. The largest absolute Gasteiger partial charge is 0.356 e. The second-order valence-electron chi connectivity index (χ2n) is 4.40. The maximum atomic E-state index is 11.6. The second kappa shape index (κ2) is 8.79. The summed E-state index contributed by atoms with van der Waals surface area (Å²) in [5, 5.41) is 5.44. The first-order valence-corrected chi connectivity index (χ1v) is 6.54. The second-order valence-corrected chi connectivity index (χ2v) is 4.40. The van der Waals surface area contributed by atoms with Crippen LogP contribution < -0.4 is 10.6 Å². The molecule has 0 unspecified atom stereocenters. The highest BCUT2D eigenvalue weighted by atomic mass is 16.2. The van der Waals surface area contributed by atoms with E-state index in [0.717, 1.165) is 0 Å². The fourth-order valence-corrected chi connectivity index (χ4v) is 1.50. The third-order valence-electron chi connectivity index (χ3n) is 2.59. The molecule has 1 heterocycles. The number of amides is 2. The van der Waals surface area contributed by atoms with E-state index in [1.165, 1.54) is 13.1 Å². The van der Waals surface area contributed by atoms with Crippen molar-refractivity contribution in [3.63, 3.8) is 0 Å². The lowest BCUT2D eigenvalue weighted by Crippen LogP contribution is -2.30. The molecule has 0 fully saturated rings. The standard InChI is InChI=1S/C14H19N3O3/c1-11(18)5-6-13(19)16-8-3-9-17-14(20)12-4-2-7-15-10-12/h2,4,7,10H,3,5-6,8-9H2,1H3,(H,16,19)(H,17,20). The number of hydrogen-bond donors (Lipinski definition) is 2. The van der Waals surface area contributed by atoms with E-state index < -0.39 is 0 Å². The fraction of sp³-hybridized carbons (Fsp3) is 0.429. The van der Waals surface area contributed by atoms with Crippen LogP contribution >= 0.6 is 0 Å². The fourth-order valence-electron chi connectivity index (χ4n) is 1.50. The van der Waals surface area contributed by atoms with Crippen molar-refractivity contribution in [2.24, 2.45) is 0 Å². The molecular formula is C14H19N3O3. The van der Waals surface area contributed by atoms with Crippen LogP contribution in [0.3, 0.4) is 0 Å². The number of hydrogen-bond acceptors (Lipinski definition) is 4. The maximum Gasteiger partial charge on any atom is 0.252 e. The SMILES string of the molecule is CC(=O)CCC(=O)NCCCNC(=O)c1cccnc1. The molecule has 2 N–H and O–H groups in total. The van der Waals surface area contributed by atoms with E-state index in [1.807, 2.05) is 0 Å². The minimum absolute atomic E-state index is 0.00360. The number of nitrogens with one attached hydrogen (secondary N) is 2. The smallest absolute Gasteiger partial charge is 0.252 e. The first-order chi connectivity index (χ1) is 9.59. The summed E-state index contributed by atoms with van der Waals surface area (Å²) >= 11 is 0. The molecule has 0 atom stereocenters. The van der Waals surface area contributed by atoms with Gasteiger partial charge in [-0.25, -0.2) is 0 Å². The number of carbonyl (C=O) groups is 3. The third kappa shape index (κ3) is 6.63. The van der Waals surface area contributed by atoms with E-state index in [2.05, 4.69) is 15.6 Å². The lowest BCUT2D eigenvalue weighted by Gasteiger charge is -2.06. The van der Waals surface area contributed by atoms with Crippen LogP contribution in [-0.4, -0.2) is 35.7 Å². The summed E-state index contributed by atoms with van der Waals surface area (Å²) < 4.78 is 0.